The molecule has 5 nitrogen and oxygen atoms in total. The molecule has 1 aromatic heterocycles. The summed E-state index contributed by atoms with van der Waals surface area (Å²) in [4.78, 5) is 12.4. The number of rotatable bonds is 3. The molecule has 0 saturated heterocycles. The molecular weight excluding hydrogens is 359 g/mol. The van der Waals surface area contributed by atoms with Crippen molar-refractivity contribution in [3.8, 4) is 0 Å². The average molecular weight is 370 g/mol. The molecule has 8 heteroatoms. The van der Waals surface area contributed by atoms with Crippen molar-refractivity contribution in [1.29, 1.82) is 0 Å². The lowest BCUT2D eigenvalue weighted by molar-refractivity contribution is 0.0917. The Morgan fingerprint density at radius 1 is 1.04 bits per heavy atom. The normalized spacial score (nSPS) is 13.0. The zero-order chi connectivity index (χ0) is 16.4. The van der Waals surface area contributed by atoms with Crippen molar-refractivity contribution < 1.29 is 4.79 Å². The third kappa shape index (κ3) is 3.42. The van der Waals surface area contributed by atoms with Crippen molar-refractivity contribution >= 4 is 51.7 Å². The molecule has 0 fully saturated rings. The molecule has 3 rings (SSSR count). The summed E-state index contributed by atoms with van der Waals surface area (Å²) in [7, 11) is 0. The number of aromatic nitrogens is 3. The highest BCUT2D eigenvalue weighted by Crippen LogP contribution is 2.37. The van der Waals surface area contributed by atoms with E-state index in [-0.39, 0.29) is 5.91 Å². The molecule has 2 aromatic carbocycles. The number of hydrogen-bond acceptors (Lipinski definition) is 3. The summed E-state index contributed by atoms with van der Waals surface area (Å²) in [6, 6.07) is 15.9. The van der Waals surface area contributed by atoms with E-state index in [1.165, 1.54) is 4.68 Å². The number of nitrogens with zero attached hydrogens (tertiary/aromatic N) is 3. The molecule has 1 unspecified atom stereocenters. The summed E-state index contributed by atoms with van der Waals surface area (Å²) in [6.45, 7) is 0. The van der Waals surface area contributed by atoms with Crippen LogP contribution in [-0.4, -0.2) is 24.7 Å². The second-order valence-corrected chi connectivity index (χ2v) is 7.18. The summed E-state index contributed by atoms with van der Waals surface area (Å²) in [6.07, 6.45) is -1.01. The van der Waals surface area contributed by atoms with E-state index in [4.69, 9.17) is 34.8 Å². The van der Waals surface area contributed by atoms with E-state index < -0.39 is 9.96 Å². The third-order valence-corrected chi connectivity index (χ3v) is 3.86. The summed E-state index contributed by atoms with van der Waals surface area (Å²) in [5.74, 6) is -0.374. The van der Waals surface area contributed by atoms with Crippen LogP contribution < -0.4 is 5.32 Å². The van der Waals surface area contributed by atoms with Crippen molar-refractivity contribution in [2.24, 2.45) is 0 Å². The number of para-hydroxylation sites is 1. The van der Waals surface area contributed by atoms with Gasteiger partial charge in [-0.1, -0.05) is 70.3 Å². The first-order valence-corrected chi connectivity index (χ1v) is 7.83. The molecule has 1 N–H and O–H groups in total. The number of alkyl halides is 3. The van der Waals surface area contributed by atoms with E-state index in [9.17, 15) is 4.79 Å². The van der Waals surface area contributed by atoms with Crippen LogP contribution in [0, 0.1) is 0 Å². The highest BCUT2D eigenvalue weighted by molar-refractivity contribution is 6.68. The minimum absolute atomic E-state index is 0.374. The van der Waals surface area contributed by atoms with Crippen LogP contribution in [0.5, 0.6) is 0 Å². The molecule has 0 aliphatic rings. The van der Waals surface area contributed by atoms with E-state index in [1.807, 2.05) is 18.2 Å². The highest BCUT2D eigenvalue weighted by atomic mass is 35.6. The monoisotopic (exact) mass is 368 g/mol. The Balaban J connectivity index is 1.98. The molecule has 0 aliphatic heterocycles. The SMILES string of the molecule is O=C(NC(n1nnc2ccccc21)C(Cl)(Cl)Cl)c1ccccc1. The number of carbonyl (C=O) groups excluding carboxylic acids is 1. The van der Waals surface area contributed by atoms with E-state index in [2.05, 4.69) is 15.6 Å². The number of amides is 1. The van der Waals surface area contributed by atoms with Crippen LogP contribution >= 0.6 is 34.8 Å². The van der Waals surface area contributed by atoms with Crippen molar-refractivity contribution in [3.05, 3.63) is 60.2 Å². The Morgan fingerprint density at radius 3 is 2.39 bits per heavy atom. The molecule has 3 aromatic rings. The van der Waals surface area contributed by atoms with Gasteiger partial charge in [-0.3, -0.25) is 4.79 Å². The summed E-state index contributed by atoms with van der Waals surface area (Å²) < 4.78 is -0.413. The van der Waals surface area contributed by atoms with E-state index >= 15 is 0 Å². The van der Waals surface area contributed by atoms with Crippen molar-refractivity contribution in [2.75, 3.05) is 0 Å². The summed E-state index contributed by atoms with van der Waals surface area (Å²) >= 11 is 18.2. The van der Waals surface area contributed by atoms with Gasteiger partial charge in [0.1, 0.15) is 5.52 Å². The molecule has 0 saturated carbocycles. The van der Waals surface area contributed by atoms with Gasteiger partial charge in [-0.2, -0.15) is 0 Å². The van der Waals surface area contributed by atoms with Gasteiger partial charge >= 0.3 is 0 Å². The van der Waals surface area contributed by atoms with Crippen molar-refractivity contribution in [3.63, 3.8) is 0 Å². The maximum absolute atomic E-state index is 12.4. The van der Waals surface area contributed by atoms with Gasteiger partial charge in [0.15, 0.2) is 6.17 Å². The first-order chi connectivity index (χ1) is 11.0. The van der Waals surface area contributed by atoms with Crippen LogP contribution in [0.1, 0.15) is 16.5 Å². The Kier molecular flexibility index (Phi) is 4.43. The van der Waals surface area contributed by atoms with Crippen molar-refractivity contribution in [1.82, 2.24) is 20.3 Å². The second kappa shape index (κ2) is 6.35. The molecule has 0 aliphatic carbocycles. The van der Waals surface area contributed by atoms with Gasteiger partial charge in [-0.25, -0.2) is 4.68 Å². The lowest BCUT2D eigenvalue weighted by atomic mass is 10.2. The molecule has 1 heterocycles. The Morgan fingerprint density at radius 2 is 1.70 bits per heavy atom. The number of hydrogen-bond donors (Lipinski definition) is 1. The highest BCUT2D eigenvalue weighted by Gasteiger charge is 2.37. The van der Waals surface area contributed by atoms with Gasteiger partial charge in [0, 0.05) is 5.56 Å². The standard InChI is InChI=1S/C15H11Cl3N4O/c16-15(17,18)14(19-13(23)10-6-2-1-3-7-10)22-12-9-5-4-8-11(12)20-21-22/h1-9,14H,(H,19,23). The Hall–Kier alpha value is -1.82. The van der Waals surface area contributed by atoms with Crippen LogP contribution in [0.15, 0.2) is 54.6 Å². The van der Waals surface area contributed by atoms with E-state index in [0.717, 1.165) is 0 Å². The molecule has 23 heavy (non-hydrogen) atoms. The molecule has 1 amide bonds. The van der Waals surface area contributed by atoms with E-state index in [1.54, 1.807) is 36.4 Å². The first-order valence-electron chi connectivity index (χ1n) is 6.69. The maximum Gasteiger partial charge on any atom is 0.253 e. The van der Waals surface area contributed by atoms with Gasteiger partial charge < -0.3 is 5.32 Å². The van der Waals surface area contributed by atoms with Gasteiger partial charge in [-0.15, -0.1) is 5.10 Å². The lowest BCUT2D eigenvalue weighted by Crippen LogP contribution is -2.41. The predicted octanol–water partition coefficient (Wildman–Crippen LogP) is 3.73. The number of nitrogens with one attached hydrogen (secondary N) is 1. The van der Waals surface area contributed by atoms with Crippen LogP contribution in [0.2, 0.25) is 0 Å². The van der Waals surface area contributed by atoms with Gasteiger partial charge in [-0.05, 0) is 24.3 Å². The zero-order valence-electron chi connectivity index (χ0n) is 11.7. The van der Waals surface area contributed by atoms with Crippen molar-refractivity contribution in [2.45, 2.75) is 9.96 Å². The fourth-order valence-corrected chi connectivity index (χ4v) is 2.60. The molecular formula is C15H11Cl3N4O. The second-order valence-electron chi connectivity index (χ2n) is 4.81. The molecule has 0 radical (unpaired) electrons. The molecule has 0 spiro atoms. The first kappa shape index (κ1) is 16.1. The van der Waals surface area contributed by atoms with Crippen LogP contribution in [-0.2, 0) is 0 Å². The van der Waals surface area contributed by atoms with Gasteiger partial charge in [0.05, 0.1) is 5.52 Å². The topological polar surface area (TPSA) is 59.8 Å². The number of halogens is 3. The molecule has 1 atom stereocenters. The lowest BCUT2D eigenvalue weighted by Gasteiger charge is -2.25. The number of carbonyl (C=O) groups is 1. The maximum atomic E-state index is 12.4. The largest absolute Gasteiger partial charge is 0.326 e. The predicted molar refractivity (Wildman–Crippen MR) is 90.8 cm³/mol. The van der Waals surface area contributed by atoms with Crippen LogP contribution in [0.25, 0.3) is 11.0 Å². The summed E-state index contributed by atoms with van der Waals surface area (Å²) in [5.41, 5.74) is 1.74. The van der Waals surface area contributed by atoms with E-state index in [0.29, 0.717) is 16.6 Å². The molecule has 0 bridgehead atoms. The smallest absolute Gasteiger partial charge is 0.253 e. The average Bonchev–Trinajstić information content (AvgIpc) is 2.96. The van der Waals surface area contributed by atoms with Crippen LogP contribution in [0.3, 0.4) is 0 Å². The molecule has 118 valence electrons. The minimum atomic E-state index is -1.80. The Labute approximate surface area is 147 Å². The third-order valence-electron chi connectivity index (χ3n) is 3.24. The van der Waals surface area contributed by atoms with Crippen LogP contribution in [0.4, 0.5) is 0 Å². The number of fused-ring (bicyclic) bond motifs is 1. The fourth-order valence-electron chi connectivity index (χ4n) is 2.16. The summed E-state index contributed by atoms with van der Waals surface area (Å²) in [5, 5.41) is 10.7. The Bertz CT molecular complexity index is 829. The minimum Gasteiger partial charge on any atom is -0.326 e. The van der Waals surface area contributed by atoms with Gasteiger partial charge in [0.25, 0.3) is 5.91 Å². The zero-order valence-corrected chi connectivity index (χ0v) is 13.9. The van der Waals surface area contributed by atoms with Gasteiger partial charge in [0.2, 0.25) is 3.79 Å². The number of benzene rings is 2. The fraction of sp³-hybridized carbons (Fsp3) is 0.133. The quantitative estimate of drug-likeness (QED) is 0.716.